The molecule has 4 N–H and O–H groups in total. The van der Waals surface area contributed by atoms with E-state index in [1.807, 2.05) is 0 Å². The van der Waals surface area contributed by atoms with Crippen LogP contribution in [0.15, 0.2) is 58.5 Å². The largest absolute Gasteiger partial charge is 0.442 e. The molecule has 6 atom stereocenters. The third kappa shape index (κ3) is 5.19. The van der Waals surface area contributed by atoms with E-state index in [1.54, 1.807) is 31.2 Å². The molecule has 1 fully saturated rings. The zero-order valence-electron chi connectivity index (χ0n) is 22.5. The summed E-state index contributed by atoms with van der Waals surface area (Å²) in [5, 5.41) is 40.9. The van der Waals surface area contributed by atoms with Gasteiger partial charge in [-0.25, -0.2) is 4.79 Å². The first-order valence-corrected chi connectivity index (χ1v) is 13.5. The van der Waals surface area contributed by atoms with Gasteiger partial charge in [0.1, 0.15) is 30.0 Å². The monoisotopic (exact) mass is 543 g/mol. The Morgan fingerprint density at radius 1 is 1.08 bits per heavy atom. The van der Waals surface area contributed by atoms with Gasteiger partial charge in [-0.3, -0.25) is 9.59 Å². The Hall–Kier alpha value is -2.89. The molecule has 3 aliphatic heterocycles. The number of Topliss-reactive ketones (excluding diaryl/α,β-unsaturated/α-hetero) is 2. The maximum Gasteiger partial charge on any atom is 0.343 e. The van der Waals surface area contributed by atoms with E-state index in [-0.39, 0.29) is 28.9 Å². The van der Waals surface area contributed by atoms with E-state index in [0.29, 0.717) is 17.7 Å². The van der Waals surface area contributed by atoms with Crippen molar-refractivity contribution in [1.29, 1.82) is 0 Å². The molecule has 212 valence electrons. The highest BCUT2D eigenvalue weighted by Crippen LogP contribution is 2.45. The Morgan fingerprint density at radius 2 is 1.79 bits per heavy atom. The average Bonchev–Trinajstić information content (AvgIpc) is 3.18. The van der Waals surface area contributed by atoms with Crippen molar-refractivity contribution >= 4 is 17.5 Å². The molecule has 0 aromatic carbocycles. The highest BCUT2D eigenvalue weighted by molar-refractivity contribution is 6.24. The number of rotatable bonds is 10. The number of hydrogen-bond acceptors (Lipinski definition) is 10. The minimum Gasteiger partial charge on any atom is -0.442 e. The van der Waals surface area contributed by atoms with Gasteiger partial charge in [0, 0.05) is 29.5 Å². The Kier molecular flexibility index (Phi) is 8.72. The quantitative estimate of drug-likeness (QED) is 0.181. The van der Waals surface area contributed by atoms with Gasteiger partial charge in [-0.2, -0.15) is 0 Å². The van der Waals surface area contributed by atoms with Crippen LogP contribution in [0.4, 0.5) is 0 Å². The van der Waals surface area contributed by atoms with Crippen molar-refractivity contribution in [2.24, 2.45) is 0 Å². The van der Waals surface area contributed by atoms with Crippen molar-refractivity contribution in [3.05, 3.63) is 58.5 Å². The van der Waals surface area contributed by atoms with Gasteiger partial charge < -0.3 is 34.8 Å². The van der Waals surface area contributed by atoms with E-state index in [4.69, 9.17) is 9.47 Å². The van der Waals surface area contributed by atoms with E-state index in [1.165, 1.54) is 18.0 Å². The van der Waals surface area contributed by atoms with E-state index in [9.17, 15) is 34.8 Å². The molecular formula is C29H37NO9. The number of hydrogen-bond donors (Lipinski definition) is 4. The molecule has 0 saturated carbocycles. The lowest BCUT2D eigenvalue weighted by atomic mass is 9.76. The summed E-state index contributed by atoms with van der Waals surface area (Å²) in [6, 6.07) is 0. The number of aliphatic hydroxyl groups excluding tert-OH is 4. The lowest BCUT2D eigenvalue weighted by molar-refractivity contribution is -0.254. The number of allylic oxidation sites excluding steroid dienone is 4. The topological polar surface area (TPSA) is 154 Å². The third-order valence-electron chi connectivity index (χ3n) is 7.71. The maximum absolute atomic E-state index is 13.8. The molecule has 0 spiro atoms. The van der Waals surface area contributed by atoms with E-state index >= 15 is 0 Å². The van der Waals surface area contributed by atoms with Gasteiger partial charge in [-0.1, -0.05) is 38.7 Å². The van der Waals surface area contributed by atoms with Gasteiger partial charge in [-0.15, -0.1) is 0 Å². The second-order valence-corrected chi connectivity index (χ2v) is 10.5. The second kappa shape index (κ2) is 11.7. The normalized spacial score (nSPS) is 32.5. The fourth-order valence-corrected chi connectivity index (χ4v) is 5.46. The van der Waals surface area contributed by atoms with Crippen molar-refractivity contribution in [2.75, 3.05) is 6.61 Å². The van der Waals surface area contributed by atoms with Crippen molar-refractivity contribution in [2.45, 2.75) is 95.5 Å². The fourth-order valence-electron chi connectivity index (χ4n) is 5.46. The molecular weight excluding hydrogens is 506 g/mol. The summed E-state index contributed by atoms with van der Waals surface area (Å²) in [6.45, 7) is 4.73. The summed E-state index contributed by atoms with van der Waals surface area (Å²) in [4.78, 5) is 41.2. The van der Waals surface area contributed by atoms with Gasteiger partial charge in [0.25, 0.3) is 0 Å². The Morgan fingerprint density at radius 3 is 2.46 bits per heavy atom. The molecule has 0 aromatic heterocycles. The summed E-state index contributed by atoms with van der Waals surface area (Å²) in [5.74, 6) is -1.71. The van der Waals surface area contributed by atoms with Crippen LogP contribution in [0.3, 0.4) is 0 Å². The summed E-state index contributed by atoms with van der Waals surface area (Å²) in [5.41, 5.74) is -0.457. The van der Waals surface area contributed by atoms with Crippen LogP contribution < -0.4 is 0 Å². The van der Waals surface area contributed by atoms with Gasteiger partial charge in [0.15, 0.2) is 17.6 Å². The zero-order valence-corrected chi connectivity index (χ0v) is 22.5. The molecule has 1 saturated heterocycles. The number of aliphatic hydroxyl groups is 4. The Balaban J connectivity index is 1.71. The van der Waals surface area contributed by atoms with Crippen molar-refractivity contribution in [1.82, 2.24) is 4.90 Å². The summed E-state index contributed by atoms with van der Waals surface area (Å²) in [6.07, 6.45) is 5.91. The standard InChI is InChI=1S/C29H37NO9/c1-4-6-7-8-9-11-20(32)22-19-13-16-12-17(10-5-2)30(14-18(16)26(36)29(19,3)39-28(22)37)27-25(35)24(34)23(33)21(15-31)38-27/h5,10,12-14,21,23-25,27,31,33-35H,4,6-9,11,15H2,1-3H3/b10-5+/t21-,23-,24+,25-,27+,29-/m1/s1. The molecule has 10 heteroatoms. The predicted molar refractivity (Wildman–Crippen MR) is 140 cm³/mol. The summed E-state index contributed by atoms with van der Waals surface area (Å²) >= 11 is 0. The van der Waals surface area contributed by atoms with Gasteiger partial charge >= 0.3 is 5.97 Å². The SMILES string of the molecule is C/C=C/C1=CC2=CC3=C(C(=O)CCCCCCC)C(=O)O[C@@]3(C)C(=O)C2=CN1[C@H]1O[C@H](CO)[C@@H](O)[C@H](O)[C@H]1O. The molecule has 0 amide bonds. The minimum absolute atomic E-state index is 0.0924. The fraction of sp³-hybridized carbons (Fsp3) is 0.552. The number of ketones is 2. The van der Waals surface area contributed by atoms with E-state index in [2.05, 4.69) is 6.92 Å². The van der Waals surface area contributed by atoms with Crippen LogP contribution in [0.25, 0.3) is 0 Å². The molecule has 0 bridgehead atoms. The number of fused-ring (bicyclic) bond motifs is 2. The number of unbranched alkanes of at least 4 members (excludes halogenated alkanes) is 4. The predicted octanol–water partition coefficient (Wildman–Crippen LogP) is 1.50. The number of esters is 1. The maximum atomic E-state index is 13.8. The van der Waals surface area contributed by atoms with Crippen LogP contribution in [0.5, 0.6) is 0 Å². The van der Waals surface area contributed by atoms with Crippen molar-refractivity contribution in [3.63, 3.8) is 0 Å². The van der Waals surface area contributed by atoms with E-state index in [0.717, 1.165) is 25.7 Å². The van der Waals surface area contributed by atoms with Gasteiger partial charge in [-0.05, 0) is 44.1 Å². The number of carbonyl (C=O) groups is 3. The molecule has 4 rings (SSSR count). The third-order valence-corrected chi connectivity index (χ3v) is 7.71. The molecule has 0 radical (unpaired) electrons. The van der Waals surface area contributed by atoms with Crippen molar-refractivity contribution in [3.8, 4) is 0 Å². The van der Waals surface area contributed by atoms with Crippen LogP contribution in [0, 0.1) is 0 Å². The molecule has 10 nitrogen and oxygen atoms in total. The van der Waals surface area contributed by atoms with Crippen LogP contribution in [-0.4, -0.2) is 85.7 Å². The zero-order chi connectivity index (χ0) is 28.5. The summed E-state index contributed by atoms with van der Waals surface area (Å²) in [7, 11) is 0. The molecule has 39 heavy (non-hydrogen) atoms. The summed E-state index contributed by atoms with van der Waals surface area (Å²) < 4.78 is 11.3. The van der Waals surface area contributed by atoms with Crippen molar-refractivity contribution < 1.29 is 44.3 Å². The number of ether oxygens (including phenoxy) is 2. The minimum atomic E-state index is -1.69. The molecule has 4 aliphatic rings. The highest BCUT2D eigenvalue weighted by Gasteiger charge is 2.55. The van der Waals surface area contributed by atoms with Gasteiger partial charge in [0.05, 0.1) is 6.61 Å². The Labute approximate surface area is 227 Å². The smallest absolute Gasteiger partial charge is 0.343 e. The molecule has 0 unspecified atom stereocenters. The Bertz CT molecular complexity index is 1180. The molecule has 0 aromatic rings. The lowest BCUT2D eigenvalue weighted by Gasteiger charge is -2.46. The molecule has 1 aliphatic carbocycles. The van der Waals surface area contributed by atoms with Crippen LogP contribution in [0.1, 0.15) is 59.3 Å². The first-order chi connectivity index (χ1) is 18.6. The highest BCUT2D eigenvalue weighted by atomic mass is 16.6. The van der Waals surface area contributed by atoms with Gasteiger partial charge in [0.2, 0.25) is 5.78 Å². The van der Waals surface area contributed by atoms with Crippen LogP contribution in [0.2, 0.25) is 0 Å². The number of carbonyl (C=O) groups excluding carboxylic acids is 3. The van der Waals surface area contributed by atoms with Crippen LogP contribution >= 0.6 is 0 Å². The average molecular weight is 544 g/mol. The first-order valence-electron chi connectivity index (χ1n) is 13.5. The number of nitrogens with zero attached hydrogens (tertiary/aromatic N) is 1. The van der Waals surface area contributed by atoms with E-state index < -0.39 is 54.6 Å². The van der Waals surface area contributed by atoms with Crippen LogP contribution in [-0.2, 0) is 23.9 Å². The second-order valence-electron chi connectivity index (χ2n) is 10.5. The lowest BCUT2D eigenvalue weighted by Crippen LogP contribution is -2.62. The first kappa shape index (κ1) is 29.1. The molecule has 3 heterocycles.